The van der Waals surface area contributed by atoms with Crippen molar-refractivity contribution in [2.24, 2.45) is 0 Å². The molecule has 0 aliphatic rings. The predicted molar refractivity (Wildman–Crippen MR) is 151 cm³/mol. The van der Waals surface area contributed by atoms with Crippen LogP contribution >= 0.6 is 30.6 Å². The Hall–Kier alpha value is -3.58. The number of aliphatic carboxylic acids is 1. The van der Waals surface area contributed by atoms with Gasteiger partial charge in [-0.3, -0.25) is 9.36 Å². The average Bonchev–Trinajstić information content (AvgIpc) is 3.34. The number of carbonyl (C=O) groups is 2. The Morgan fingerprint density at radius 3 is 2.42 bits per heavy atom. The molecule has 0 aliphatic carbocycles. The molecular weight excluding hydrogens is 600 g/mol. The summed E-state index contributed by atoms with van der Waals surface area (Å²) in [6, 6.07) is 13.1. The highest BCUT2D eigenvalue weighted by Gasteiger charge is 2.25. The van der Waals surface area contributed by atoms with Gasteiger partial charge in [0.15, 0.2) is 9.84 Å². The highest BCUT2D eigenvalue weighted by molar-refractivity contribution is 7.90. The third kappa shape index (κ3) is 6.76. The summed E-state index contributed by atoms with van der Waals surface area (Å²) in [5.41, 5.74) is 3.05. The van der Waals surface area contributed by atoms with Crippen molar-refractivity contribution in [1.29, 1.82) is 0 Å². The van der Waals surface area contributed by atoms with Crippen LogP contribution in [0.2, 0.25) is 10.0 Å². The SMILES string of the molecule is CS(=O)(=O)c1cccc(CC(NC(=O)c2c(Cl)cc(C#CP(=O)(O)c3ccc4ccoc4c3)cc2Cl)C(=O)O)c1. The minimum absolute atomic E-state index is 0.0113. The molecule has 40 heavy (non-hydrogen) atoms. The molecule has 4 aromatic rings. The quantitative estimate of drug-likeness (QED) is 0.202. The van der Waals surface area contributed by atoms with Crippen LogP contribution in [-0.2, 0) is 25.6 Å². The lowest BCUT2D eigenvalue weighted by Gasteiger charge is -2.16. The summed E-state index contributed by atoms with van der Waals surface area (Å²) in [7, 11) is -7.64. The van der Waals surface area contributed by atoms with Gasteiger partial charge in [-0.1, -0.05) is 47.3 Å². The first-order valence-electron chi connectivity index (χ1n) is 11.4. The largest absolute Gasteiger partial charge is 0.480 e. The maximum atomic E-state index is 12.9. The Bertz CT molecular complexity index is 1850. The molecule has 1 amide bonds. The average molecular weight is 620 g/mol. The van der Waals surface area contributed by atoms with E-state index in [1.54, 1.807) is 12.1 Å². The van der Waals surface area contributed by atoms with Gasteiger partial charge < -0.3 is 19.7 Å². The number of rotatable bonds is 7. The molecular formula is C27H20Cl2NO8PS. The van der Waals surface area contributed by atoms with Crippen molar-refractivity contribution in [1.82, 2.24) is 5.32 Å². The van der Waals surface area contributed by atoms with Crippen molar-refractivity contribution in [2.45, 2.75) is 17.4 Å². The number of halogens is 2. The monoisotopic (exact) mass is 619 g/mol. The molecule has 9 nitrogen and oxygen atoms in total. The van der Waals surface area contributed by atoms with Gasteiger partial charge >= 0.3 is 13.3 Å². The fourth-order valence-electron chi connectivity index (χ4n) is 3.77. The van der Waals surface area contributed by atoms with Gasteiger partial charge in [0, 0.05) is 23.6 Å². The molecule has 206 valence electrons. The number of carboxylic acids is 1. The number of fused-ring (bicyclic) bond motifs is 1. The molecule has 0 saturated carbocycles. The minimum atomic E-state index is -4.12. The predicted octanol–water partition coefficient (Wildman–Crippen LogP) is 4.47. The number of hydrogen-bond acceptors (Lipinski definition) is 6. The molecule has 0 aliphatic heterocycles. The standard InChI is InChI=1S/C27H20Cl2NO8PS/c1-40(36,37)20-4-2-3-16(11-20)14-23(27(32)33)30-26(31)25-21(28)12-17(13-22(25)29)8-10-39(34,35)19-6-5-18-7-9-38-24(18)15-19/h2-7,9,11-13,15,23H,14H2,1H3,(H,30,31)(H,32,33)(H,34,35). The normalized spacial score (nSPS) is 13.6. The van der Waals surface area contributed by atoms with Gasteiger partial charge in [-0.15, -0.1) is 0 Å². The Morgan fingerprint density at radius 1 is 1.07 bits per heavy atom. The van der Waals surface area contributed by atoms with E-state index < -0.39 is 35.1 Å². The number of carbonyl (C=O) groups excluding carboxylic acids is 1. The maximum absolute atomic E-state index is 12.9. The number of furan rings is 1. The number of carboxylic acid groups (broad SMARTS) is 1. The first-order valence-corrected chi connectivity index (χ1v) is 15.7. The number of hydrogen-bond donors (Lipinski definition) is 3. The van der Waals surface area contributed by atoms with E-state index in [-0.39, 0.29) is 37.8 Å². The molecule has 3 N–H and O–H groups in total. The van der Waals surface area contributed by atoms with Crippen LogP contribution in [0.4, 0.5) is 0 Å². The summed E-state index contributed by atoms with van der Waals surface area (Å²) < 4.78 is 41.7. The molecule has 3 aromatic carbocycles. The van der Waals surface area contributed by atoms with Crippen LogP contribution in [0.5, 0.6) is 0 Å². The fourth-order valence-corrected chi connectivity index (χ4v) is 6.10. The van der Waals surface area contributed by atoms with Gasteiger partial charge in [0.2, 0.25) is 0 Å². The molecule has 1 heterocycles. The van der Waals surface area contributed by atoms with Crippen molar-refractivity contribution in [3.8, 4) is 11.6 Å². The second-order valence-electron chi connectivity index (χ2n) is 8.76. The van der Waals surface area contributed by atoms with Crippen molar-refractivity contribution in [3.63, 3.8) is 0 Å². The van der Waals surface area contributed by atoms with Gasteiger partial charge in [-0.25, -0.2) is 13.2 Å². The maximum Gasteiger partial charge on any atom is 0.326 e. The van der Waals surface area contributed by atoms with Crippen LogP contribution in [0.25, 0.3) is 11.0 Å². The topological polar surface area (TPSA) is 151 Å². The Labute approximate surface area is 239 Å². The minimum Gasteiger partial charge on any atom is -0.480 e. The Balaban J connectivity index is 1.55. The van der Waals surface area contributed by atoms with Crippen LogP contribution < -0.4 is 10.6 Å². The van der Waals surface area contributed by atoms with Crippen LogP contribution in [0.3, 0.4) is 0 Å². The van der Waals surface area contributed by atoms with Gasteiger partial charge in [0.05, 0.1) is 32.1 Å². The molecule has 0 spiro atoms. The molecule has 13 heteroatoms. The zero-order valence-corrected chi connectivity index (χ0v) is 23.8. The van der Waals surface area contributed by atoms with E-state index in [0.29, 0.717) is 11.1 Å². The van der Waals surface area contributed by atoms with Crippen molar-refractivity contribution < 1.29 is 37.0 Å². The lowest BCUT2D eigenvalue weighted by Crippen LogP contribution is -2.42. The summed E-state index contributed by atoms with van der Waals surface area (Å²) >= 11 is 12.5. The highest BCUT2D eigenvalue weighted by Crippen LogP contribution is 2.39. The van der Waals surface area contributed by atoms with E-state index in [1.807, 2.05) is 0 Å². The number of sulfone groups is 1. The molecule has 4 rings (SSSR count). The van der Waals surface area contributed by atoms with E-state index in [9.17, 15) is 32.6 Å². The zero-order valence-electron chi connectivity index (χ0n) is 20.6. The molecule has 0 bridgehead atoms. The first kappa shape index (κ1) is 29.4. The third-order valence-electron chi connectivity index (χ3n) is 5.78. The van der Waals surface area contributed by atoms with Gasteiger partial charge in [-0.2, -0.15) is 0 Å². The molecule has 1 aromatic heterocycles. The summed E-state index contributed by atoms with van der Waals surface area (Å²) in [6.45, 7) is 0. The van der Waals surface area contributed by atoms with Crippen LogP contribution in [0.15, 0.2) is 76.2 Å². The fraction of sp³-hybridized carbons (Fsp3) is 0.111. The zero-order chi connectivity index (χ0) is 29.2. The lowest BCUT2D eigenvalue weighted by molar-refractivity contribution is -0.139. The summed E-state index contributed by atoms with van der Waals surface area (Å²) in [6.07, 6.45) is 2.28. The van der Waals surface area contributed by atoms with Crippen molar-refractivity contribution in [2.75, 3.05) is 6.26 Å². The van der Waals surface area contributed by atoms with E-state index in [1.165, 1.54) is 54.8 Å². The molecule has 2 unspecified atom stereocenters. The van der Waals surface area contributed by atoms with E-state index in [0.717, 1.165) is 11.6 Å². The van der Waals surface area contributed by atoms with Gasteiger partial charge in [0.25, 0.3) is 5.91 Å². The van der Waals surface area contributed by atoms with Crippen LogP contribution in [0.1, 0.15) is 21.5 Å². The van der Waals surface area contributed by atoms with E-state index in [4.69, 9.17) is 27.6 Å². The molecule has 0 fully saturated rings. The lowest BCUT2D eigenvalue weighted by atomic mass is 10.0. The first-order chi connectivity index (χ1) is 18.7. The van der Waals surface area contributed by atoms with Crippen LogP contribution in [0, 0.1) is 11.6 Å². The third-order valence-corrected chi connectivity index (χ3v) is 8.88. The van der Waals surface area contributed by atoms with Crippen LogP contribution in [-0.4, -0.2) is 42.6 Å². The number of nitrogens with one attached hydrogen (secondary N) is 1. The Morgan fingerprint density at radius 2 is 1.77 bits per heavy atom. The van der Waals surface area contributed by atoms with E-state index in [2.05, 4.69) is 16.9 Å². The Kier molecular flexibility index (Phi) is 8.45. The highest BCUT2D eigenvalue weighted by atomic mass is 35.5. The summed E-state index contributed by atoms with van der Waals surface area (Å²) in [4.78, 5) is 35.3. The summed E-state index contributed by atoms with van der Waals surface area (Å²) in [5, 5.41) is 12.5. The number of benzene rings is 3. The second-order valence-corrected chi connectivity index (χ2v) is 13.5. The number of amides is 1. The van der Waals surface area contributed by atoms with Gasteiger partial charge in [0.1, 0.15) is 11.6 Å². The molecule has 0 saturated heterocycles. The smallest absolute Gasteiger partial charge is 0.326 e. The molecule has 2 atom stereocenters. The van der Waals surface area contributed by atoms with Crippen molar-refractivity contribution in [3.05, 3.63) is 93.7 Å². The van der Waals surface area contributed by atoms with Crippen molar-refractivity contribution >= 4 is 68.6 Å². The molecule has 0 radical (unpaired) electrons. The van der Waals surface area contributed by atoms with Gasteiger partial charge in [-0.05, 0) is 53.7 Å². The summed E-state index contributed by atoms with van der Waals surface area (Å²) in [5.74, 6) is 0.295. The van der Waals surface area contributed by atoms with E-state index >= 15 is 0 Å². The second kappa shape index (κ2) is 11.5.